The second-order valence-electron chi connectivity index (χ2n) is 4.27. The Hall–Kier alpha value is -1.97. The lowest BCUT2D eigenvalue weighted by Crippen LogP contribution is -2.18. The van der Waals surface area contributed by atoms with Crippen molar-refractivity contribution in [1.29, 1.82) is 0 Å². The molecule has 0 saturated heterocycles. The van der Waals surface area contributed by atoms with Gasteiger partial charge in [0, 0.05) is 11.8 Å². The van der Waals surface area contributed by atoms with Crippen LogP contribution in [0.2, 0.25) is 0 Å². The van der Waals surface area contributed by atoms with E-state index >= 15 is 0 Å². The fourth-order valence-corrected chi connectivity index (χ4v) is 1.85. The molecule has 1 N–H and O–H groups in total. The molecule has 1 aromatic rings. The minimum Gasteiger partial charge on any atom is -0.267 e. The van der Waals surface area contributed by atoms with Gasteiger partial charge < -0.3 is 0 Å². The summed E-state index contributed by atoms with van der Waals surface area (Å²) in [7, 11) is 0. The second-order valence-corrected chi connectivity index (χ2v) is 4.27. The maximum Gasteiger partial charge on any atom is 0.271 e. The van der Waals surface area contributed by atoms with Gasteiger partial charge in [-0.15, -0.1) is 0 Å². The summed E-state index contributed by atoms with van der Waals surface area (Å²) in [5.74, 6) is -0.441. The summed E-state index contributed by atoms with van der Waals surface area (Å²) in [5, 5.41) is 3.92. The monoisotopic (exact) mass is 246 g/mol. The lowest BCUT2D eigenvalue weighted by Gasteiger charge is -2.11. The van der Waals surface area contributed by atoms with Crippen molar-refractivity contribution in [3.63, 3.8) is 0 Å². The van der Waals surface area contributed by atoms with Crippen LogP contribution in [0.15, 0.2) is 41.5 Å². The highest BCUT2D eigenvalue weighted by Crippen LogP contribution is 2.15. The average molecular weight is 246 g/mol. The Morgan fingerprint density at radius 3 is 3.06 bits per heavy atom. The zero-order valence-electron chi connectivity index (χ0n) is 9.97. The van der Waals surface area contributed by atoms with E-state index in [2.05, 4.69) is 22.7 Å². The van der Waals surface area contributed by atoms with Gasteiger partial charge in [-0.1, -0.05) is 18.2 Å². The molecule has 1 amide bonds. The van der Waals surface area contributed by atoms with Crippen molar-refractivity contribution in [1.82, 2.24) is 5.43 Å². The van der Waals surface area contributed by atoms with Crippen molar-refractivity contribution >= 4 is 12.1 Å². The van der Waals surface area contributed by atoms with E-state index < -0.39 is 11.7 Å². The predicted octanol–water partition coefficient (Wildman–Crippen LogP) is 2.90. The number of nitrogens with one attached hydrogen (secondary N) is 1. The van der Waals surface area contributed by atoms with Gasteiger partial charge in [-0.05, 0) is 43.4 Å². The molecule has 0 bridgehead atoms. The van der Waals surface area contributed by atoms with E-state index in [0.717, 1.165) is 19.3 Å². The number of carbonyl (C=O) groups excluding carboxylic acids is 1. The molecule has 0 fully saturated rings. The largest absolute Gasteiger partial charge is 0.271 e. The molecule has 18 heavy (non-hydrogen) atoms. The molecule has 2 rings (SSSR count). The van der Waals surface area contributed by atoms with E-state index in [-0.39, 0.29) is 5.56 Å². The van der Waals surface area contributed by atoms with Crippen molar-refractivity contribution in [2.75, 3.05) is 0 Å². The number of carbonyl (C=O) groups is 1. The standard InChI is InChI=1S/C14H15FN2O/c15-13-8-4-7-12(9-13)14(18)17-16-10-11-5-2-1-3-6-11/h1-2,4,7-11H,3,5-6H2,(H,17,18). The third-order valence-corrected chi connectivity index (χ3v) is 2.85. The zero-order valence-corrected chi connectivity index (χ0v) is 9.97. The van der Waals surface area contributed by atoms with Crippen LogP contribution in [0.3, 0.4) is 0 Å². The first-order chi connectivity index (χ1) is 8.75. The number of allylic oxidation sites excluding steroid dienone is 2. The number of hydrogen-bond acceptors (Lipinski definition) is 2. The molecule has 1 aliphatic carbocycles. The Morgan fingerprint density at radius 2 is 2.33 bits per heavy atom. The van der Waals surface area contributed by atoms with Crippen molar-refractivity contribution in [2.24, 2.45) is 11.0 Å². The first kappa shape index (κ1) is 12.5. The minimum absolute atomic E-state index is 0.274. The number of amides is 1. The van der Waals surface area contributed by atoms with Crippen LogP contribution in [0.5, 0.6) is 0 Å². The van der Waals surface area contributed by atoms with Crippen LogP contribution < -0.4 is 5.43 Å². The molecule has 1 unspecified atom stereocenters. The highest BCUT2D eigenvalue weighted by molar-refractivity contribution is 5.94. The van der Waals surface area contributed by atoms with E-state index in [1.165, 1.54) is 18.2 Å². The van der Waals surface area contributed by atoms with E-state index in [0.29, 0.717) is 5.92 Å². The predicted molar refractivity (Wildman–Crippen MR) is 68.8 cm³/mol. The molecule has 0 heterocycles. The first-order valence-corrected chi connectivity index (χ1v) is 6.00. The third kappa shape index (κ3) is 3.52. The summed E-state index contributed by atoms with van der Waals surface area (Å²) in [4.78, 5) is 11.6. The molecule has 1 aliphatic rings. The number of benzene rings is 1. The normalized spacial score (nSPS) is 19.1. The molecule has 0 radical (unpaired) electrons. The van der Waals surface area contributed by atoms with Crippen molar-refractivity contribution in [3.8, 4) is 0 Å². The number of rotatable bonds is 3. The lowest BCUT2D eigenvalue weighted by molar-refractivity contribution is 0.0954. The van der Waals surface area contributed by atoms with Crippen LogP contribution in [0.25, 0.3) is 0 Å². The van der Waals surface area contributed by atoms with Crippen molar-refractivity contribution in [2.45, 2.75) is 19.3 Å². The Kier molecular flexibility index (Phi) is 4.23. The number of hydrogen-bond donors (Lipinski definition) is 1. The Morgan fingerprint density at radius 1 is 1.44 bits per heavy atom. The van der Waals surface area contributed by atoms with Crippen LogP contribution in [-0.4, -0.2) is 12.1 Å². The molecule has 94 valence electrons. The summed E-state index contributed by atoms with van der Waals surface area (Å²) in [5.41, 5.74) is 2.69. The maximum absolute atomic E-state index is 12.9. The smallest absolute Gasteiger partial charge is 0.267 e. The Balaban J connectivity index is 1.88. The first-order valence-electron chi connectivity index (χ1n) is 6.00. The quantitative estimate of drug-likeness (QED) is 0.497. The van der Waals surface area contributed by atoms with Crippen LogP contribution in [-0.2, 0) is 0 Å². The molecule has 0 saturated carbocycles. The number of nitrogens with zero attached hydrogens (tertiary/aromatic N) is 1. The highest BCUT2D eigenvalue weighted by atomic mass is 19.1. The summed E-state index contributed by atoms with van der Waals surface area (Å²) >= 11 is 0. The summed E-state index contributed by atoms with van der Waals surface area (Å²) in [6.07, 6.45) is 9.08. The van der Waals surface area contributed by atoms with Gasteiger partial charge in [0.2, 0.25) is 0 Å². The summed E-state index contributed by atoms with van der Waals surface area (Å²) in [6, 6.07) is 5.54. The Labute approximate surface area is 105 Å². The lowest BCUT2D eigenvalue weighted by atomic mass is 9.96. The molecule has 1 atom stereocenters. The van der Waals surface area contributed by atoms with Crippen molar-refractivity contribution < 1.29 is 9.18 Å². The summed E-state index contributed by atoms with van der Waals surface area (Å²) in [6.45, 7) is 0. The second kappa shape index (κ2) is 6.10. The number of halogens is 1. The third-order valence-electron chi connectivity index (χ3n) is 2.85. The van der Waals surface area contributed by atoms with Gasteiger partial charge in [0.1, 0.15) is 5.82 Å². The van der Waals surface area contributed by atoms with E-state index in [4.69, 9.17) is 0 Å². The molecular formula is C14H15FN2O. The van der Waals surface area contributed by atoms with Crippen LogP contribution in [0.1, 0.15) is 29.6 Å². The molecule has 0 aliphatic heterocycles. The minimum atomic E-state index is -0.427. The molecule has 3 nitrogen and oxygen atoms in total. The van der Waals surface area contributed by atoms with Crippen LogP contribution in [0.4, 0.5) is 4.39 Å². The highest BCUT2D eigenvalue weighted by Gasteiger charge is 2.08. The molecule has 1 aromatic carbocycles. The molecule has 0 aromatic heterocycles. The van der Waals surface area contributed by atoms with Crippen molar-refractivity contribution in [3.05, 3.63) is 47.8 Å². The van der Waals surface area contributed by atoms with Gasteiger partial charge in [-0.2, -0.15) is 5.10 Å². The van der Waals surface area contributed by atoms with Crippen LogP contribution in [0, 0.1) is 11.7 Å². The van der Waals surface area contributed by atoms with E-state index in [9.17, 15) is 9.18 Å². The SMILES string of the molecule is O=C(NN=CC1CC=CCC1)c1cccc(F)c1. The van der Waals surface area contributed by atoms with Gasteiger partial charge in [-0.3, -0.25) is 4.79 Å². The maximum atomic E-state index is 12.9. The topological polar surface area (TPSA) is 41.5 Å². The van der Waals surface area contributed by atoms with Gasteiger partial charge in [-0.25, -0.2) is 9.82 Å². The van der Waals surface area contributed by atoms with Gasteiger partial charge in [0.25, 0.3) is 5.91 Å². The zero-order chi connectivity index (χ0) is 12.8. The molecule has 4 heteroatoms. The van der Waals surface area contributed by atoms with Gasteiger partial charge >= 0.3 is 0 Å². The van der Waals surface area contributed by atoms with E-state index in [1.54, 1.807) is 12.3 Å². The van der Waals surface area contributed by atoms with Crippen LogP contribution >= 0.6 is 0 Å². The van der Waals surface area contributed by atoms with Gasteiger partial charge in [0.05, 0.1) is 0 Å². The summed E-state index contributed by atoms with van der Waals surface area (Å²) < 4.78 is 12.9. The fourth-order valence-electron chi connectivity index (χ4n) is 1.85. The Bertz CT molecular complexity index is 482. The number of hydrazone groups is 1. The average Bonchev–Trinajstić information content (AvgIpc) is 2.40. The molecule has 0 spiro atoms. The fraction of sp³-hybridized carbons (Fsp3) is 0.286. The molecular weight excluding hydrogens is 231 g/mol. The van der Waals surface area contributed by atoms with E-state index in [1.807, 2.05) is 0 Å². The van der Waals surface area contributed by atoms with Gasteiger partial charge in [0.15, 0.2) is 0 Å².